The zero-order valence-corrected chi connectivity index (χ0v) is 19.6. The first kappa shape index (κ1) is 23.2. The van der Waals surface area contributed by atoms with E-state index in [-0.39, 0.29) is 30.5 Å². The Hall–Kier alpha value is -3.53. The molecule has 1 aromatic rings. The van der Waals surface area contributed by atoms with E-state index in [1.54, 1.807) is 29.4 Å². The number of nitrogens with one attached hydrogen (secondary N) is 5. The Labute approximate surface area is 206 Å². The summed E-state index contributed by atoms with van der Waals surface area (Å²) in [6, 6.07) is 5.54. The van der Waals surface area contributed by atoms with Gasteiger partial charge in [0.05, 0.1) is 11.6 Å². The summed E-state index contributed by atoms with van der Waals surface area (Å²) in [5.74, 6) is 0.361. The van der Waals surface area contributed by atoms with Crippen molar-refractivity contribution in [2.75, 3.05) is 31.5 Å². The predicted octanol–water partition coefficient (Wildman–Crippen LogP) is 3.22. The average molecular weight is 502 g/mol. The number of fused-ring (bicyclic) bond motifs is 1. The fraction of sp³-hybridized carbons (Fsp3) is 0.333. The lowest BCUT2D eigenvalue weighted by Gasteiger charge is -2.34. The monoisotopic (exact) mass is 501 g/mol. The van der Waals surface area contributed by atoms with Gasteiger partial charge in [-0.3, -0.25) is 4.99 Å². The number of piperidine rings is 1. The third-order valence-corrected chi connectivity index (χ3v) is 6.51. The van der Waals surface area contributed by atoms with E-state index in [9.17, 15) is 13.6 Å². The van der Waals surface area contributed by atoms with Crippen LogP contribution >= 0.6 is 11.6 Å². The molecule has 11 heteroatoms. The molecule has 0 saturated carbocycles. The van der Waals surface area contributed by atoms with E-state index in [4.69, 9.17) is 11.6 Å². The van der Waals surface area contributed by atoms with E-state index >= 15 is 0 Å². The van der Waals surface area contributed by atoms with Crippen LogP contribution in [0.25, 0.3) is 0 Å². The number of hydrogen-bond acceptors (Lipinski definition) is 6. The molecule has 0 spiro atoms. The van der Waals surface area contributed by atoms with Crippen LogP contribution in [0.5, 0.6) is 0 Å². The predicted molar refractivity (Wildman–Crippen MR) is 131 cm³/mol. The number of urea groups is 1. The number of amides is 2. The quantitative estimate of drug-likeness (QED) is 0.437. The highest BCUT2D eigenvalue weighted by Gasteiger charge is 2.29. The highest BCUT2D eigenvalue weighted by Crippen LogP contribution is 2.28. The van der Waals surface area contributed by atoms with Crippen LogP contribution in [0.1, 0.15) is 12.8 Å². The standard InChI is InChI=1S/C24H26ClF2N7O/c25-15-7-18-19(11-30-21(18)29-10-15)22-31-12-20(27)23(33-22)28-9-14-3-2-6-34(13-14)24(35)32-17-5-1-4-16(26)8-17/h1,4-5,7-8,10-11,14,21,28-29,31,33H,2-3,6,9,12-13H2,(H,32,35)/t14-,21?/m1/s1. The zero-order valence-electron chi connectivity index (χ0n) is 18.9. The van der Waals surface area contributed by atoms with Gasteiger partial charge in [0.2, 0.25) is 0 Å². The molecule has 4 aliphatic rings. The molecule has 1 fully saturated rings. The molecule has 184 valence electrons. The highest BCUT2D eigenvalue weighted by atomic mass is 35.5. The van der Waals surface area contributed by atoms with Crippen molar-refractivity contribution in [3.63, 3.8) is 0 Å². The third kappa shape index (κ3) is 5.27. The Morgan fingerprint density at radius 2 is 2.20 bits per heavy atom. The lowest BCUT2D eigenvalue weighted by molar-refractivity contribution is 0.177. The van der Waals surface area contributed by atoms with Crippen LogP contribution in [0.3, 0.4) is 0 Å². The van der Waals surface area contributed by atoms with E-state index in [1.165, 1.54) is 12.1 Å². The van der Waals surface area contributed by atoms with Gasteiger partial charge in [-0.25, -0.2) is 13.6 Å². The largest absolute Gasteiger partial charge is 0.369 e. The Morgan fingerprint density at radius 3 is 3.06 bits per heavy atom. The molecule has 0 bridgehead atoms. The molecule has 4 heterocycles. The number of halogens is 3. The van der Waals surface area contributed by atoms with E-state index < -0.39 is 5.82 Å². The number of nitrogens with zero attached hydrogens (tertiary/aromatic N) is 2. The summed E-state index contributed by atoms with van der Waals surface area (Å²) >= 11 is 6.13. The number of allylic oxidation sites excluding steroid dienone is 2. The number of carbonyl (C=O) groups is 1. The fourth-order valence-corrected chi connectivity index (χ4v) is 4.70. The number of likely N-dealkylation sites (tertiary alicyclic amines) is 1. The number of anilines is 1. The van der Waals surface area contributed by atoms with E-state index in [1.807, 2.05) is 6.08 Å². The van der Waals surface area contributed by atoms with E-state index in [0.717, 1.165) is 24.0 Å². The van der Waals surface area contributed by atoms with Gasteiger partial charge in [0.25, 0.3) is 0 Å². The van der Waals surface area contributed by atoms with Gasteiger partial charge < -0.3 is 31.5 Å². The van der Waals surface area contributed by atoms with Crippen molar-refractivity contribution in [3.8, 4) is 0 Å². The summed E-state index contributed by atoms with van der Waals surface area (Å²) < 4.78 is 28.0. The minimum Gasteiger partial charge on any atom is -0.369 e. The molecule has 1 saturated heterocycles. The molecule has 0 aromatic heterocycles. The minimum atomic E-state index is -0.405. The topological polar surface area (TPSA) is 92.8 Å². The van der Waals surface area contributed by atoms with Crippen LogP contribution < -0.4 is 26.6 Å². The molecule has 1 unspecified atom stereocenters. The lowest BCUT2D eigenvalue weighted by atomic mass is 9.98. The number of aliphatic imine (C=N–C) groups is 1. The summed E-state index contributed by atoms with van der Waals surface area (Å²) in [7, 11) is 0. The molecule has 5 rings (SSSR count). The Kier molecular flexibility index (Phi) is 6.63. The second-order valence-electron chi connectivity index (χ2n) is 8.80. The molecular formula is C24H26ClF2N7O. The number of hydrogen-bond donors (Lipinski definition) is 5. The number of rotatable bonds is 4. The summed E-state index contributed by atoms with van der Waals surface area (Å²) in [6.07, 6.45) is 6.81. The summed E-state index contributed by atoms with van der Waals surface area (Å²) in [5.41, 5.74) is 2.14. The number of dihydropyridines is 1. The maximum absolute atomic E-state index is 14.6. The molecular weight excluding hydrogens is 476 g/mol. The van der Waals surface area contributed by atoms with E-state index in [0.29, 0.717) is 42.0 Å². The van der Waals surface area contributed by atoms with Crippen LogP contribution in [0.4, 0.5) is 19.3 Å². The van der Waals surface area contributed by atoms with Crippen LogP contribution in [-0.2, 0) is 0 Å². The second kappa shape index (κ2) is 9.99. The van der Waals surface area contributed by atoms with Crippen LogP contribution in [0.15, 0.2) is 75.2 Å². The summed E-state index contributed by atoms with van der Waals surface area (Å²) in [6.45, 7) is 1.68. The molecule has 8 nitrogen and oxygen atoms in total. The van der Waals surface area contributed by atoms with Crippen molar-refractivity contribution in [3.05, 3.63) is 76.0 Å². The Morgan fingerprint density at radius 1 is 1.31 bits per heavy atom. The minimum absolute atomic E-state index is 0.0454. The third-order valence-electron chi connectivity index (χ3n) is 6.29. The highest BCUT2D eigenvalue weighted by molar-refractivity contribution is 6.31. The van der Waals surface area contributed by atoms with Gasteiger partial charge in [-0.15, -0.1) is 0 Å². The SMILES string of the molecule is O=C(Nc1cccc(F)c1)N1CCC[C@H](CNC2=C(F)CNC(=C3C=NC4NC=C(Cl)C=C34)N2)C1. The van der Waals surface area contributed by atoms with Crippen molar-refractivity contribution >= 4 is 29.5 Å². The van der Waals surface area contributed by atoms with Crippen LogP contribution in [0, 0.1) is 11.7 Å². The smallest absolute Gasteiger partial charge is 0.321 e. The van der Waals surface area contributed by atoms with Crippen molar-refractivity contribution in [1.82, 2.24) is 26.2 Å². The molecule has 2 atom stereocenters. The molecule has 2 amide bonds. The van der Waals surface area contributed by atoms with Gasteiger partial charge in [0.15, 0.2) is 5.83 Å². The molecule has 35 heavy (non-hydrogen) atoms. The van der Waals surface area contributed by atoms with Gasteiger partial charge in [0, 0.05) is 48.9 Å². The molecule has 1 aromatic carbocycles. The second-order valence-corrected chi connectivity index (χ2v) is 9.24. The zero-order chi connectivity index (χ0) is 24.4. The molecule has 4 aliphatic heterocycles. The first-order chi connectivity index (χ1) is 17.0. The van der Waals surface area contributed by atoms with Crippen LogP contribution in [0.2, 0.25) is 0 Å². The summed E-state index contributed by atoms with van der Waals surface area (Å²) in [5, 5.41) is 15.8. The summed E-state index contributed by atoms with van der Waals surface area (Å²) in [4.78, 5) is 18.8. The normalized spacial score (nSPS) is 25.6. The fourth-order valence-electron chi connectivity index (χ4n) is 4.52. The van der Waals surface area contributed by atoms with Gasteiger partial charge in [0.1, 0.15) is 23.6 Å². The van der Waals surface area contributed by atoms with Crippen molar-refractivity contribution in [2.24, 2.45) is 10.9 Å². The molecule has 5 N–H and O–H groups in total. The van der Waals surface area contributed by atoms with Gasteiger partial charge in [-0.1, -0.05) is 17.7 Å². The van der Waals surface area contributed by atoms with Gasteiger partial charge in [-0.05, 0) is 43.0 Å². The van der Waals surface area contributed by atoms with Gasteiger partial charge in [-0.2, -0.15) is 0 Å². The van der Waals surface area contributed by atoms with Crippen molar-refractivity contribution in [1.29, 1.82) is 0 Å². The number of carbonyl (C=O) groups excluding carboxylic acids is 1. The lowest BCUT2D eigenvalue weighted by Crippen LogP contribution is -2.46. The molecule has 0 aliphatic carbocycles. The maximum atomic E-state index is 14.6. The van der Waals surface area contributed by atoms with Crippen LogP contribution in [-0.4, -0.2) is 49.5 Å². The van der Waals surface area contributed by atoms with Crippen molar-refractivity contribution < 1.29 is 13.6 Å². The molecule has 0 radical (unpaired) electrons. The average Bonchev–Trinajstić information content (AvgIpc) is 3.27. The Balaban J connectivity index is 1.19. The van der Waals surface area contributed by atoms with Gasteiger partial charge >= 0.3 is 6.03 Å². The number of benzene rings is 1. The first-order valence-electron chi connectivity index (χ1n) is 11.5. The Bertz CT molecular complexity index is 1180. The first-order valence-corrected chi connectivity index (χ1v) is 11.9. The maximum Gasteiger partial charge on any atom is 0.321 e. The van der Waals surface area contributed by atoms with E-state index in [2.05, 4.69) is 31.6 Å². The van der Waals surface area contributed by atoms with Crippen molar-refractivity contribution in [2.45, 2.75) is 19.0 Å².